The Morgan fingerprint density at radius 3 is 2.57 bits per heavy atom. The minimum atomic E-state index is -0.252. The van der Waals surface area contributed by atoms with Gasteiger partial charge < -0.3 is 21.3 Å². The fourth-order valence-corrected chi connectivity index (χ4v) is 2.80. The number of nitrogens with one attached hydrogen (secondary N) is 2. The van der Waals surface area contributed by atoms with Crippen LogP contribution >= 0.6 is 0 Å². The van der Waals surface area contributed by atoms with Crippen LogP contribution in [-0.4, -0.2) is 42.0 Å². The molecule has 0 aromatic heterocycles. The third-order valence-electron chi connectivity index (χ3n) is 3.97. The molecule has 1 aromatic carbocycles. The first-order chi connectivity index (χ1) is 11.0. The van der Waals surface area contributed by atoms with Crippen molar-refractivity contribution >= 4 is 17.6 Å². The fraction of sp³-hybridized carbons (Fsp3) is 0.529. The summed E-state index contributed by atoms with van der Waals surface area (Å²) in [5.41, 5.74) is 7.07. The van der Waals surface area contributed by atoms with Gasteiger partial charge in [-0.25, -0.2) is 4.79 Å². The van der Waals surface area contributed by atoms with Gasteiger partial charge in [0.2, 0.25) is 0 Å². The molecule has 1 aliphatic heterocycles. The van der Waals surface area contributed by atoms with E-state index in [2.05, 4.69) is 10.6 Å². The van der Waals surface area contributed by atoms with E-state index in [0.717, 1.165) is 25.8 Å². The highest BCUT2D eigenvalue weighted by atomic mass is 16.2. The molecule has 6 heteroatoms. The highest BCUT2D eigenvalue weighted by Gasteiger charge is 2.26. The zero-order valence-corrected chi connectivity index (χ0v) is 13.8. The number of hydrogen-bond acceptors (Lipinski definition) is 3. The van der Waals surface area contributed by atoms with Crippen LogP contribution in [0.2, 0.25) is 0 Å². The van der Waals surface area contributed by atoms with Crippen molar-refractivity contribution in [1.29, 1.82) is 0 Å². The molecule has 1 unspecified atom stereocenters. The second kappa shape index (κ2) is 7.97. The number of anilines is 1. The van der Waals surface area contributed by atoms with Crippen molar-refractivity contribution in [1.82, 2.24) is 10.2 Å². The van der Waals surface area contributed by atoms with E-state index in [1.165, 1.54) is 0 Å². The molecular formula is C17H26N4O2. The highest BCUT2D eigenvalue weighted by Crippen LogP contribution is 2.20. The lowest BCUT2D eigenvalue weighted by Gasteiger charge is -2.35. The van der Waals surface area contributed by atoms with Crippen LogP contribution in [0.25, 0.3) is 0 Å². The Kier molecular flexibility index (Phi) is 5.98. The van der Waals surface area contributed by atoms with Crippen molar-refractivity contribution in [3.8, 4) is 0 Å². The second-order valence-corrected chi connectivity index (χ2v) is 6.21. The van der Waals surface area contributed by atoms with E-state index in [4.69, 9.17) is 5.73 Å². The summed E-state index contributed by atoms with van der Waals surface area (Å²) >= 11 is 0. The van der Waals surface area contributed by atoms with Crippen molar-refractivity contribution in [3.63, 3.8) is 0 Å². The van der Waals surface area contributed by atoms with Gasteiger partial charge in [-0.2, -0.15) is 0 Å². The predicted molar refractivity (Wildman–Crippen MR) is 91.5 cm³/mol. The molecule has 1 aliphatic rings. The summed E-state index contributed by atoms with van der Waals surface area (Å²) in [6.45, 7) is 5.06. The number of carbonyl (C=O) groups is 2. The molecule has 23 heavy (non-hydrogen) atoms. The Morgan fingerprint density at radius 1 is 1.26 bits per heavy atom. The SMILES string of the molecule is CC(C)NC(=O)Nc1ccc(C(=O)N2CCCCC2CN)cc1. The van der Waals surface area contributed by atoms with Crippen molar-refractivity contribution in [2.45, 2.75) is 45.2 Å². The largest absolute Gasteiger partial charge is 0.336 e. The molecule has 0 bridgehead atoms. The van der Waals surface area contributed by atoms with Crippen LogP contribution in [0.1, 0.15) is 43.5 Å². The maximum absolute atomic E-state index is 12.6. The van der Waals surface area contributed by atoms with E-state index in [9.17, 15) is 9.59 Å². The first-order valence-corrected chi connectivity index (χ1v) is 8.20. The Labute approximate surface area is 137 Å². The van der Waals surface area contributed by atoms with Gasteiger partial charge in [0, 0.05) is 36.4 Å². The van der Waals surface area contributed by atoms with Gasteiger partial charge in [-0.15, -0.1) is 0 Å². The van der Waals surface area contributed by atoms with E-state index in [0.29, 0.717) is 17.8 Å². The van der Waals surface area contributed by atoms with Crippen molar-refractivity contribution in [2.24, 2.45) is 5.73 Å². The van der Waals surface area contributed by atoms with Crippen LogP contribution in [-0.2, 0) is 0 Å². The van der Waals surface area contributed by atoms with Crippen LogP contribution in [0.5, 0.6) is 0 Å². The molecule has 6 nitrogen and oxygen atoms in total. The summed E-state index contributed by atoms with van der Waals surface area (Å²) in [5, 5.41) is 5.50. The van der Waals surface area contributed by atoms with Crippen molar-refractivity contribution in [3.05, 3.63) is 29.8 Å². The lowest BCUT2D eigenvalue weighted by molar-refractivity contribution is 0.0623. The molecule has 0 aliphatic carbocycles. The van der Waals surface area contributed by atoms with Crippen LogP contribution < -0.4 is 16.4 Å². The van der Waals surface area contributed by atoms with Crippen molar-refractivity contribution in [2.75, 3.05) is 18.4 Å². The van der Waals surface area contributed by atoms with Gasteiger partial charge in [-0.05, 0) is 57.4 Å². The van der Waals surface area contributed by atoms with Crippen molar-refractivity contribution < 1.29 is 9.59 Å². The summed E-state index contributed by atoms with van der Waals surface area (Å²) < 4.78 is 0. The second-order valence-electron chi connectivity index (χ2n) is 6.21. The van der Waals surface area contributed by atoms with Gasteiger partial charge in [0.1, 0.15) is 0 Å². The van der Waals surface area contributed by atoms with Gasteiger partial charge in [0.15, 0.2) is 0 Å². The molecule has 1 saturated heterocycles. The zero-order chi connectivity index (χ0) is 16.8. The summed E-state index contributed by atoms with van der Waals surface area (Å²) in [4.78, 5) is 26.2. The number of nitrogens with zero attached hydrogens (tertiary/aromatic N) is 1. The van der Waals surface area contributed by atoms with E-state index in [-0.39, 0.29) is 24.0 Å². The quantitative estimate of drug-likeness (QED) is 0.795. The molecule has 126 valence electrons. The van der Waals surface area contributed by atoms with Gasteiger partial charge >= 0.3 is 6.03 Å². The number of benzene rings is 1. The molecule has 1 heterocycles. The van der Waals surface area contributed by atoms with Gasteiger partial charge in [-0.1, -0.05) is 0 Å². The minimum absolute atomic E-state index is 0.0123. The van der Waals surface area contributed by atoms with Gasteiger partial charge in [-0.3, -0.25) is 4.79 Å². The fourth-order valence-electron chi connectivity index (χ4n) is 2.80. The molecule has 4 N–H and O–H groups in total. The number of likely N-dealkylation sites (tertiary alicyclic amines) is 1. The maximum atomic E-state index is 12.6. The van der Waals surface area contributed by atoms with Crippen LogP contribution in [0.4, 0.5) is 10.5 Å². The summed E-state index contributed by atoms with van der Waals surface area (Å²) in [6, 6.07) is 6.93. The number of nitrogens with two attached hydrogens (primary N) is 1. The molecule has 2 rings (SSSR count). The minimum Gasteiger partial charge on any atom is -0.336 e. The molecule has 1 aromatic rings. The topological polar surface area (TPSA) is 87.5 Å². The van der Waals surface area contributed by atoms with Crippen LogP contribution in [0.3, 0.4) is 0 Å². The predicted octanol–water partition coefficient (Wildman–Crippen LogP) is 2.17. The molecule has 0 radical (unpaired) electrons. The van der Waals surface area contributed by atoms with E-state index < -0.39 is 0 Å². The summed E-state index contributed by atoms with van der Waals surface area (Å²) in [7, 11) is 0. The first-order valence-electron chi connectivity index (χ1n) is 8.20. The number of amides is 3. The number of urea groups is 1. The highest BCUT2D eigenvalue weighted by molar-refractivity contribution is 5.95. The lowest BCUT2D eigenvalue weighted by Crippen LogP contribution is -2.47. The monoisotopic (exact) mass is 318 g/mol. The molecule has 1 fully saturated rings. The van der Waals surface area contributed by atoms with E-state index in [1.54, 1.807) is 24.3 Å². The summed E-state index contributed by atoms with van der Waals surface area (Å²) in [6.07, 6.45) is 3.12. The number of carbonyl (C=O) groups excluding carboxylic acids is 2. The number of hydrogen-bond donors (Lipinski definition) is 3. The smallest absolute Gasteiger partial charge is 0.319 e. The molecule has 1 atom stereocenters. The average molecular weight is 318 g/mol. The lowest BCUT2D eigenvalue weighted by atomic mass is 10.0. The third kappa shape index (κ3) is 4.69. The molecule has 3 amide bonds. The van der Waals surface area contributed by atoms with Crippen LogP contribution in [0.15, 0.2) is 24.3 Å². The Morgan fingerprint density at radius 2 is 1.96 bits per heavy atom. The number of rotatable bonds is 4. The zero-order valence-electron chi connectivity index (χ0n) is 13.8. The maximum Gasteiger partial charge on any atom is 0.319 e. The Bertz CT molecular complexity index is 542. The number of piperidine rings is 1. The van der Waals surface area contributed by atoms with E-state index in [1.807, 2.05) is 18.7 Å². The van der Waals surface area contributed by atoms with Gasteiger partial charge in [0.05, 0.1) is 0 Å². The van der Waals surface area contributed by atoms with Crippen LogP contribution in [0, 0.1) is 0 Å². The average Bonchev–Trinajstić information content (AvgIpc) is 2.54. The molecular weight excluding hydrogens is 292 g/mol. The third-order valence-corrected chi connectivity index (χ3v) is 3.97. The normalized spacial score (nSPS) is 17.9. The van der Waals surface area contributed by atoms with Gasteiger partial charge in [0.25, 0.3) is 5.91 Å². The standard InChI is InChI=1S/C17H26N4O2/c1-12(2)19-17(23)20-14-8-6-13(7-9-14)16(22)21-10-4-3-5-15(21)11-18/h6-9,12,15H,3-5,10-11,18H2,1-2H3,(H2,19,20,23). The summed E-state index contributed by atoms with van der Waals surface area (Å²) in [5.74, 6) is 0.0123. The Balaban J connectivity index is 2.01. The first kappa shape index (κ1) is 17.3. The molecule has 0 saturated carbocycles. The Hall–Kier alpha value is -2.08. The molecule has 0 spiro atoms. The van der Waals surface area contributed by atoms with E-state index >= 15 is 0 Å².